The Morgan fingerprint density at radius 3 is 2.40 bits per heavy atom. The van der Waals surface area contributed by atoms with Crippen LogP contribution >= 0.6 is 12.2 Å². The van der Waals surface area contributed by atoms with Crippen molar-refractivity contribution in [3.8, 4) is 0 Å². The Kier molecular flexibility index (Phi) is 3.53. The molecule has 2 amide bonds. The van der Waals surface area contributed by atoms with E-state index in [-0.39, 0.29) is 11.8 Å². The lowest BCUT2D eigenvalue weighted by Gasteiger charge is -2.27. The molecule has 0 bridgehead atoms. The Bertz CT molecular complexity index is 1100. The molecule has 1 heterocycles. The number of carbonyl (C=O) groups excluding carboxylic acids is 2. The first-order valence-corrected chi connectivity index (χ1v) is 8.11. The molecule has 0 aromatic heterocycles. The number of aryl methyl sites for hydroxylation is 1. The van der Waals surface area contributed by atoms with Gasteiger partial charge in [-0.2, -0.15) is 4.99 Å². The molecule has 0 spiro atoms. The highest BCUT2D eigenvalue weighted by Crippen LogP contribution is 2.35. The van der Waals surface area contributed by atoms with Gasteiger partial charge >= 0.3 is 0 Å². The summed E-state index contributed by atoms with van der Waals surface area (Å²) >= 11 is 4.67. The van der Waals surface area contributed by atoms with Gasteiger partial charge in [-0.3, -0.25) is 9.59 Å². The minimum absolute atomic E-state index is 0.321. The molecule has 0 fully saturated rings. The summed E-state index contributed by atoms with van der Waals surface area (Å²) < 4.78 is 0. The van der Waals surface area contributed by atoms with Gasteiger partial charge in [0.15, 0.2) is 0 Å². The van der Waals surface area contributed by atoms with E-state index in [1.807, 2.05) is 25.1 Å². The van der Waals surface area contributed by atoms with Crippen molar-refractivity contribution in [3.05, 3.63) is 71.3 Å². The molecule has 0 radical (unpaired) electrons. The minimum Gasteiger partial charge on any atom is -0.268 e. The summed E-state index contributed by atoms with van der Waals surface area (Å²) in [5.41, 5.74) is 3.09. The van der Waals surface area contributed by atoms with Crippen LogP contribution < -0.4 is 4.90 Å². The van der Waals surface area contributed by atoms with Gasteiger partial charge in [-0.15, -0.1) is 0 Å². The fourth-order valence-electron chi connectivity index (χ4n) is 3.14. The number of hydrogen-bond acceptors (Lipinski definition) is 4. The summed E-state index contributed by atoms with van der Waals surface area (Å²) in [5, 5.41) is 3.76. The molecule has 4 nitrogen and oxygen atoms in total. The zero-order valence-corrected chi connectivity index (χ0v) is 14.1. The molecular weight excluding hydrogens is 332 g/mol. The van der Waals surface area contributed by atoms with Gasteiger partial charge in [-0.05, 0) is 54.9 Å². The van der Waals surface area contributed by atoms with Gasteiger partial charge < -0.3 is 0 Å². The summed E-state index contributed by atoms with van der Waals surface area (Å²) in [6.07, 6.45) is 0. The number of carbonyl (C=O) groups is 2. The predicted octanol–water partition coefficient (Wildman–Crippen LogP) is 4.68. The van der Waals surface area contributed by atoms with Gasteiger partial charge in [-0.1, -0.05) is 29.8 Å². The van der Waals surface area contributed by atoms with E-state index in [1.165, 1.54) is 4.90 Å². The second kappa shape index (κ2) is 5.74. The normalized spacial score (nSPS) is 13.1. The molecule has 3 aromatic carbocycles. The summed E-state index contributed by atoms with van der Waals surface area (Å²) in [6, 6.07) is 16.1. The summed E-state index contributed by atoms with van der Waals surface area (Å²) in [7, 11) is 0. The van der Waals surface area contributed by atoms with Crippen LogP contribution in [0, 0.1) is 6.92 Å². The predicted molar refractivity (Wildman–Crippen MR) is 101 cm³/mol. The molecule has 0 N–H and O–H groups in total. The average molecular weight is 344 g/mol. The molecule has 1 aliphatic rings. The average Bonchev–Trinajstić information content (AvgIpc) is 2.61. The topological polar surface area (TPSA) is 49.7 Å². The highest BCUT2D eigenvalue weighted by molar-refractivity contribution is 7.78. The van der Waals surface area contributed by atoms with E-state index in [4.69, 9.17) is 0 Å². The lowest BCUT2D eigenvalue weighted by atomic mass is 9.93. The van der Waals surface area contributed by atoms with Crippen LogP contribution in [0.4, 0.5) is 11.4 Å². The van der Waals surface area contributed by atoms with Crippen molar-refractivity contribution in [2.45, 2.75) is 6.92 Å². The number of anilines is 1. The SMILES string of the molecule is Cc1ccc(N2C(=O)c3cccc4cc(N=C=S)cc(c34)C2=O)cc1. The van der Waals surface area contributed by atoms with E-state index in [9.17, 15) is 9.59 Å². The van der Waals surface area contributed by atoms with E-state index in [0.29, 0.717) is 27.9 Å². The summed E-state index contributed by atoms with van der Waals surface area (Å²) in [5.74, 6) is -0.683. The first-order valence-electron chi connectivity index (χ1n) is 7.70. The Morgan fingerprint density at radius 2 is 1.68 bits per heavy atom. The van der Waals surface area contributed by atoms with Gasteiger partial charge in [0.05, 0.1) is 22.1 Å². The molecular formula is C20H12N2O2S. The molecule has 120 valence electrons. The Balaban J connectivity index is 1.99. The number of imide groups is 1. The van der Waals surface area contributed by atoms with Crippen LogP contribution in [0.3, 0.4) is 0 Å². The smallest absolute Gasteiger partial charge is 0.266 e. The van der Waals surface area contributed by atoms with Gasteiger partial charge in [0.2, 0.25) is 0 Å². The van der Waals surface area contributed by atoms with E-state index < -0.39 is 0 Å². The van der Waals surface area contributed by atoms with Crippen LogP contribution in [0.2, 0.25) is 0 Å². The summed E-state index contributed by atoms with van der Waals surface area (Å²) in [4.78, 5) is 31.2. The van der Waals surface area contributed by atoms with Gasteiger partial charge in [0, 0.05) is 10.9 Å². The highest BCUT2D eigenvalue weighted by Gasteiger charge is 2.34. The highest BCUT2D eigenvalue weighted by atomic mass is 32.1. The van der Waals surface area contributed by atoms with Crippen LogP contribution in [-0.2, 0) is 0 Å². The molecule has 0 saturated heterocycles. The lowest BCUT2D eigenvalue weighted by Crippen LogP contribution is -2.40. The molecule has 0 aliphatic carbocycles. The number of benzene rings is 3. The second-order valence-electron chi connectivity index (χ2n) is 5.88. The van der Waals surface area contributed by atoms with E-state index in [1.54, 1.807) is 36.4 Å². The second-order valence-corrected chi connectivity index (χ2v) is 6.06. The fraction of sp³-hybridized carbons (Fsp3) is 0.0500. The van der Waals surface area contributed by atoms with Crippen molar-refractivity contribution in [1.29, 1.82) is 0 Å². The molecule has 3 aromatic rings. The van der Waals surface area contributed by atoms with Crippen molar-refractivity contribution in [1.82, 2.24) is 0 Å². The van der Waals surface area contributed by atoms with Gasteiger partial charge in [0.1, 0.15) is 0 Å². The molecule has 4 rings (SSSR count). The van der Waals surface area contributed by atoms with E-state index >= 15 is 0 Å². The number of amides is 2. The van der Waals surface area contributed by atoms with Crippen molar-refractivity contribution < 1.29 is 9.59 Å². The van der Waals surface area contributed by atoms with Crippen molar-refractivity contribution in [3.63, 3.8) is 0 Å². The third-order valence-electron chi connectivity index (χ3n) is 4.30. The van der Waals surface area contributed by atoms with Gasteiger partial charge in [0.25, 0.3) is 11.8 Å². The Labute approximate surface area is 149 Å². The zero-order valence-electron chi connectivity index (χ0n) is 13.3. The van der Waals surface area contributed by atoms with E-state index in [0.717, 1.165) is 10.9 Å². The van der Waals surface area contributed by atoms with Crippen LogP contribution in [0.15, 0.2) is 59.6 Å². The first-order chi connectivity index (χ1) is 12.1. The molecule has 25 heavy (non-hydrogen) atoms. The number of hydrogen-bond donors (Lipinski definition) is 0. The first kappa shape index (κ1) is 15.4. The number of nitrogens with zero attached hydrogens (tertiary/aromatic N) is 2. The van der Waals surface area contributed by atoms with Crippen LogP contribution in [0.25, 0.3) is 10.8 Å². The number of rotatable bonds is 2. The standard InChI is InChI=1S/C20H12N2O2S/c1-12-5-7-15(8-6-12)22-19(23)16-4-2-3-13-9-14(21-11-25)10-17(18(13)16)20(22)24/h2-10H,1H3. The van der Waals surface area contributed by atoms with Crippen molar-refractivity contribution in [2.75, 3.05) is 4.90 Å². The third kappa shape index (κ3) is 2.38. The zero-order chi connectivity index (χ0) is 17.6. The molecule has 0 saturated carbocycles. The van der Waals surface area contributed by atoms with Crippen molar-refractivity contribution in [2.24, 2.45) is 4.99 Å². The number of isothiocyanates is 1. The van der Waals surface area contributed by atoms with Crippen LogP contribution in [-0.4, -0.2) is 17.0 Å². The van der Waals surface area contributed by atoms with Gasteiger partial charge in [-0.25, -0.2) is 4.90 Å². The number of thiocarbonyl (C=S) groups is 1. The Hall–Kier alpha value is -3.14. The molecule has 0 unspecified atom stereocenters. The molecule has 5 heteroatoms. The Morgan fingerprint density at radius 1 is 0.960 bits per heavy atom. The maximum Gasteiger partial charge on any atom is 0.266 e. The minimum atomic E-state index is -0.362. The van der Waals surface area contributed by atoms with E-state index in [2.05, 4.69) is 22.4 Å². The van der Waals surface area contributed by atoms with Crippen molar-refractivity contribution >= 4 is 51.3 Å². The van der Waals surface area contributed by atoms with Crippen LogP contribution in [0.1, 0.15) is 26.3 Å². The fourth-order valence-corrected chi connectivity index (χ4v) is 3.24. The lowest BCUT2D eigenvalue weighted by molar-refractivity contribution is 0.0893. The third-order valence-corrected chi connectivity index (χ3v) is 4.39. The molecule has 1 aliphatic heterocycles. The largest absolute Gasteiger partial charge is 0.268 e. The maximum atomic E-state index is 13.1. The summed E-state index contributed by atoms with van der Waals surface area (Å²) in [6.45, 7) is 1.95. The van der Waals surface area contributed by atoms with Crippen LogP contribution in [0.5, 0.6) is 0 Å². The molecule has 0 atom stereocenters. The maximum absolute atomic E-state index is 13.1. The quantitative estimate of drug-likeness (QED) is 0.385. The number of aliphatic imine (C=N–C) groups is 1. The monoisotopic (exact) mass is 344 g/mol.